The van der Waals surface area contributed by atoms with Gasteiger partial charge in [0.1, 0.15) is 11.8 Å². The van der Waals surface area contributed by atoms with Crippen LogP contribution in [0.4, 0.5) is 0 Å². The highest BCUT2D eigenvalue weighted by molar-refractivity contribution is 5.81. The molecule has 130 valence electrons. The van der Waals surface area contributed by atoms with Crippen molar-refractivity contribution in [1.82, 2.24) is 19.6 Å². The number of aryl methyl sites for hydroxylation is 2. The topological polar surface area (TPSA) is 81.2 Å². The van der Waals surface area contributed by atoms with E-state index in [0.29, 0.717) is 23.2 Å². The number of amides is 1. The summed E-state index contributed by atoms with van der Waals surface area (Å²) >= 11 is 0. The Hall–Kier alpha value is -2.96. The molecule has 0 N–H and O–H groups in total. The van der Waals surface area contributed by atoms with Gasteiger partial charge in [0.25, 0.3) is 5.56 Å². The molecule has 0 spiro atoms. The van der Waals surface area contributed by atoms with Crippen molar-refractivity contribution in [2.75, 3.05) is 7.05 Å². The van der Waals surface area contributed by atoms with E-state index in [-0.39, 0.29) is 11.5 Å². The van der Waals surface area contributed by atoms with Crippen molar-refractivity contribution in [3.63, 3.8) is 0 Å². The molecular formula is C18H20N4O3. The zero-order valence-corrected chi connectivity index (χ0v) is 14.7. The van der Waals surface area contributed by atoms with Crippen LogP contribution in [-0.4, -0.2) is 32.6 Å². The van der Waals surface area contributed by atoms with Crippen molar-refractivity contribution >= 4 is 16.8 Å². The molecule has 0 aliphatic rings. The molecule has 7 nitrogen and oxygen atoms in total. The van der Waals surface area contributed by atoms with Crippen molar-refractivity contribution < 1.29 is 9.32 Å². The summed E-state index contributed by atoms with van der Waals surface area (Å²) in [5.41, 5.74) is 2.03. The number of hydrogen-bond acceptors (Lipinski definition) is 5. The fourth-order valence-corrected chi connectivity index (χ4v) is 2.84. The summed E-state index contributed by atoms with van der Waals surface area (Å²) in [7, 11) is 1.70. The number of rotatable bonds is 4. The molecule has 0 saturated heterocycles. The Morgan fingerprint density at radius 3 is 2.72 bits per heavy atom. The van der Waals surface area contributed by atoms with Crippen LogP contribution in [0.5, 0.6) is 0 Å². The van der Waals surface area contributed by atoms with Crippen LogP contribution in [0, 0.1) is 13.8 Å². The molecule has 1 unspecified atom stereocenters. The molecule has 1 aromatic carbocycles. The van der Waals surface area contributed by atoms with Crippen LogP contribution >= 0.6 is 0 Å². The minimum Gasteiger partial charge on any atom is -0.361 e. The number of carbonyl (C=O) groups is 1. The number of aromatic nitrogens is 3. The number of para-hydroxylation sites is 1. The predicted molar refractivity (Wildman–Crippen MR) is 93.2 cm³/mol. The van der Waals surface area contributed by atoms with E-state index in [9.17, 15) is 9.59 Å². The number of nitrogens with zero attached hydrogens (tertiary/aromatic N) is 4. The van der Waals surface area contributed by atoms with Gasteiger partial charge < -0.3 is 9.42 Å². The minimum atomic E-state index is -0.657. The molecule has 3 rings (SSSR count). The van der Waals surface area contributed by atoms with Gasteiger partial charge in [-0.25, -0.2) is 4.98 Å². The second-order valence-electron chi connectivity index (χ2n) is 6.15. The average molecular weight is 340 g/mol. The third kappa shape index (κ3) is 3.05. The van der Waals surface area contributed by atoms with Gasteiger partial charge in [-0.3, -0.25) is 14.2 Å². The van der Waals surface area contributed by atoms with E-state index in [2.05, 4.69) is 10.1 Å². The molecule has 1 amide bonds. The second-order valence-corrected chi connectivity index (χ2v) is 6.15. The monoisotopic (exact) mass is 340 g/mol. The van der Waals surface area contributed by atoms with Crippen LogP contribution in [-0.2, 0) is 11.3 Å². The average Bonchev–Trinajstić information content (AvgIpc) is 2.93. The Morgan fingerprint density at radius 1 is 1.32 bits per heavy atom. The van der Waals surface area contributed by atoms with Gasteiger partial charge in [-0.1, -0.05) is 17.3 Å². The largest absolute Gasteiger partial charge is 0.361 e. The molecule has 7 heteroatoms. The van der Waals surface area contributed by atoms with E-state index in [1.54, 1.807) is 37.1 Å². The van der Waals surface area contributed by atoms with Gasteiger partial charge in [-0.05, 0) is 32.9 Å². The molecule has 1 atom stereocenters. The van der Waals surface area contributed by atoms with Crippen LogP contribution in [0.1, 0.15) is 30.0 Å². The second kappa shape index (κ2) is 6.51. The maximum Gasteiger partial charge on any atom is 0.261 e. The maximum atomic E-state index is 12.8. The quantitative estimate of drug-likeness (QED) is 0.727. The summed E-state index contributed by atoms with van der Waals surface area (Å²) in [5, 5.41) is 4.40. The fourth-order valence-electron chi connectivity index (χ4n) is 2.84. The van der Waals surface area contributed by atoms with E-state index < -0.39 is 6.04 Å². The molecule has 2 heterocycles. The number of benzene rings is 1. The van der Waals surface area contributed by atoms with E-state index in [0.717, 1.165) is 11.3 Å². The fraction of sp³-hybridized carbons (Fsp3) is 0.333. The molecule has 2 aromatic heterocycles. The van der Waals surface area contributed by atoms with Crippen LogP contribution in [0.15, 0.2) is 39.9 Å². The Kier molecular flexibility index (Phi) is 4.39. The highest BCUT2D eigenvalue weighted by Crippen LogP contribution is 2.17. The van der Waals surface area contributed by atoms with Crippen LogP contribution in [0.2, 0.25) is 0 Å². The van der Waals surface area contributed by atoms with Crippen molar-refractivity contribution in [3.05, 3.63) is 58.0 Å². The highest BCUT2D eigenvalue weighted by Gasteiger charge is 2.23. The van der Waals surface area contributed by atoms with E-state index in [1.807, 2.05) is 19.9 Å². The lowest BCUT2D eigenvalue weighted by molar-refractivity contribution is -0.133. The predicted octanol–water partition coefficient (Wildman–Crippen LogP) is 2.22. The molecule has 3 aromatic rings. The van der Waals surface area contributed by atoms with Gasteiger partial charge >= 0.3 is 0 Å². The summed E-state index contributed by atoms with van der Waals surface area (Å²) < 4.78 is 6.50. The first-order chi connectivity index (χ1) is 11.9. The van der Waals surface area contributed by atoms with Crippen LogP contribution in [0.3, 0.4) is 0 Å². The molecule has 0 fully saturated rings. The van der Waals surface area contributed by atoms with Crippen molar-refractivity contribution in [2.45, 2.75) is 33.4 Å². The first-order valence-electron chi connectivity index (χ1n) is 8.02. The zero-order valence-electron chi connectivity index (χ0n) is 14.7. The molecule has 0 bridgehead atoms. The van der Waals surface area contributed by atoms with Gasteiger partial charge in [-0.2, -0.15) is 0 Å². The lowest BCUT2D eigenvalue weighted by atomic mass is 10.2. The first-order valence-corrected chi connectivity index (χ1v) is 8.02. The summed E-state index contributed by atoms with van der Waals surface area (Å²) in [4.78, 5) is 31.3. The standard InChI is InChI=1S/C18H20N4O3/c1-11-15(13(3)25-20-11)9-21(4)17(23)12(2)22-10-19-16-8-6-5-7-14(16)18(22)24/h5-8,10,12H,9H2,1-4H3. The third-order valence-corrected chi connectivity index (χ3v) is 4.42. The van der Waals surface area contributed by atoms with Crippen molar-refractivity contribution in [3.8, 4) is 0 Å². The minimum absolute atomic E-state index is 0.181. The van der Waals surface area contributed by atoms with E-state index >= 15 is 0 Å². The Morgan fingerprint density at radius 2 is 2.04 bits per heavy atom. The van der Waals surface area contributed by atoms with E-state index in [1.165, 1.54) is 10.9 Å². The number of hydrogen-bond donors (Lipinski definition) is 0. The van der Waals surface area contributed by atoms with Crippen molar-refractivity contribution in [1.29, 1.82) is 0 Å². The van der Waals surface area contributed by atoms with Gasteiger partial charge in [0.2, 0.25) is 5.91 Å². The Bertz CT molecular complexity index is 970. The molecule has 0 aliphatic heterocycles. The van der Waals surface area contributed by atoms with Crippen LogP contribution in [0.25, 0.3) is 10.9 Å². The Labute approximate surface area is 144 Å². The summed E-state index contributed by atoms with van der Waals surface area (Å²) in [5.74, 6) is 0.508. The summed E-state index contributed by atoms with van der Waals surface area (Å²) in [6.45, 7) is 5.73. The van der Waals surface area contributed by atoms with Crippen molar-refractivity contribution in [2.24, 2.45) is 0 Å². The first kappa shape index (κ1) is 16.9. The van der Waals surface area contributed by atoms with Gasteiger partial charge in [0, 0.05) is 12.6 Å². The van der Waals surface area contributed by atoms with E-state index in [4.69, 9.17) is 4.52 Å². The number of carbonyl (C=O) groups excluding carboxylic acids is 1. The molecule has 0 radical (unpaired) electrons. The SMILES string of the molecule is Cc1noc(C)c1CN(C)C(=O)C(C)n1cnc2ccccc2c1=O. The molecular weight excluding hydrogens is 320 g/mol. The third-order valence-electron chi connectivity index (χ3n) is 4.42. The normalized spacial score (nSPS) is 12.3. The molecule has 0 aliphatic carbocycles. The smallest absolute Gasteiger partial charge is 0.261 e. The van der Waals surface area contributed by atoms with Gasteiger partial charge in [-0.15, -0.1) is 0 Å². The van der Waals surface area contributed by atoms with Gasteiger partial charge in [0.15, 0.2) is 0 Å². The van der Waals surface area contributed by atoms with Crippen LogP contribution < -0.4 is 5.56 Å². The summed E-state index contributed by atoms with van der Waals surface area (Å²) in [6, 6.07) is 6.44. The number of likely N-dealkylation sites (N-methyl/N-ethyl adjacent to an activating group) is 1. The lowest BCUT2D eigenvalue weighted by Gasteiger charge is -2.22. The zero-order chi connectivity index (χ0) is 18.1. The summed E-state index contributed by atoms with van der Waals surface area (Å²) in [6.07, 6.45) is 1.43. The molecule has 25 heavy (non-hydrogen) atoms. The number of fused-ring (bicyclic) bond motifs is 1. The highest BCUT2D eigenvalue weighted by atomic mass is 16.5. The lowest BCUT2D eigenvalue weighted by Crippen LogP contribution is -2.37. The maximum absolute atomic E-state index is 12.8. The Balaban J connectivity index is 1.87. The molecule has 0 saturated carbocycles. The van der Waals surface area contributed by atoms with Gasteiger partial charge in [0.05, 0.1) is 29.5 Å².